The number of nitrogens with one attached hydrogen (secondary N) is 2. The molecular weight excluding hydrogens is 368 g/mol. The summed E-state index contributed by atoms with van der Waals surface area (Å²) >= 11 is 5.97. The predicted molar refractivity (Wildman–Crippen MR) is 119 cm³/mol. The van der Waals surface area contributed by atoms with Gasteiger partial charge in [0.15, 0.2) is 0 Å². The molecule has 0 saturated heterocycles. The third kappa shape index (κ3) is 6.01. The first-order valence-electron chi connectivity index (χ1n) is 9.52. The van der Waals surface area contributed by atoms with E-state index in [-0.39, 0.29) is 6.04 Å². The van der Waals surface area contributed by atoms with Gasteiger partial charge < -0.3 is 15.4 Å². The molecule has 3 aromatic carbocycles. The molecule has 0 amide bonds. The molecule has 2 N–H and O–H groups in total. The summed E-state index contributed by atoms with van der Waals surface area (Å²) in [4.78, 5) is 0. The Labute approximate surface area is 172 Å². The van der Waals surface area contributed by atoms with Crippen LogP contribution in [0.5, 0.6) is 0 Å². The normalized spacial score (nSPS) is 11.8. The van der Waals surface area contributed by atoms with Crippen LogP contribution in [0.3, 0.4) is 0 Å². The summed E-state index contributed by atoms with van der Waals surface area (Å²) in [6.07, 6.45) is 0.902. The van der Waals surface area contributed by atoms with Crippen LogP contribution in [0.15, 0.2) is 72.8 Å². The second-order valence-electron chi connectivity index (χ2n) is 7.01. The van der Waals surface area contributed by atoms with Crippen molar-refractivity contribution in [2.75, 3.05) is 24.4 Å². The number of benzene rings is 3. The van der Waals surface area contributed by atoms with E-state index in [1.54, 1.807) is 7.11 Å². The summed E-state index contributed by atoms with van der Waals surface area (Å²) in [5.74, 6) is 0. The fraction of sp³-hybridized carbons (Fsp3) is 0.250. The number of rotatable bonds is 9. The van der Waals surface area contributed by atoms with Gasteiger partial charge in [-0.1, -0.05) is 65.7 Å². The number of hydrogen-bond donors (Lipinski definition) is 2. The van der Waals surface area contributed by atoms with Gasteiger partial charge in [0.2, 0.25) is 0 Å². The van der Waals surface area contributed by atoms with Crippen LogP contribution in [0, 0.1) is 6.92 Å². The summed E-state index contributed by atoms with van der Waals surface area (Å²) in [5, 5.41) is 7.92. The van der Waals surface area contributed by atoms with E-state index in [4.69, 9.17) is 16.3 Å². The van der Waals surface area contributed by atoms with Gasteiger partial charge >= 0.3 is 0 Å². The molecule has 1 unspecified atom stereocenters. The van der Waals surface area contributed by atoms with E-state index in [0.717, 1.165) is 29.4 Å². The Bertz CT molecular complexity index is 863. The van der Waals surface area contributed by atoms with Crippen LogP contribution in [0.1, 0.15) is 16.7 Å². The first-order valence-corrected chi connectivity index (χ1v) is 9.90. The monoisotopic (exact) mass is 394 g/mol. The smallest absolute Gasteiger partial charge is 0.0667 e. The maximum absolute atomic E-state index is 5.97. The van der Waals surface area contributed by atoms with Crippen LogP contribution in [0.25, 0.3) is 0 Å². The maximum atomic E-state index is 5.97. The third-order valence-electron chi connectivity index (χ3n) is 4.65. The molecule has 0 radical (unpaired) electrons. The largest absolute Gasteiger partial charge is 0.383 e. The summed E-state index contributed by atoms with van der Waals surface area (Å²) in [6, 6.07) is 25.1. The van der Waals surface area contributed by atoms with Crippen LogP contribution in [-0.4, -0.2) is 19.8 Å². The fourth-order valence-corrected chi connectivity index (χ4v) is 3.27. The highest BCUT2D eigenvalue weighted by Gasteiger charge is 2.12. The van der Waals surface area contributed by atoms with Crippen molar-refractivity contribution in [2.24, 2.45) is 0 Å². The first-order chi connectivity index (χ1) is 13.6. The molecule has 0 aliphatic carbocycles. The molecule has 0 aromatic heterocycles. The minimum atomic E-state index is 0.186. The molecule has 3 rings (SSSR count). The molecule has 0 aliphatic rings. The van der Waals surface area contributed by atoms with Crippen LogP contribution < -0.4 is 10.6 Å². The molecule has 0 fully saturated rings. The zero-order valence-electron chi connectivity index (χ0n) is 16.4. The summed E-state index contributed by atoms with van der Waals surface area (Å²) < 4.78 is 5.46. The van der Waals surface area contributed by atoms with Gasteiger partial charge in [0.1, 0.15) is 0 Å². The van der Waals surface area contributed by atoms with Gasteiger partial charge in [-0.3, -0.25) is 0 Å². The summed E-state index contributed by atoms with van der Waals surface area (Å²) in [5.41, 5.74) is 5.91. The highest BCUT2D eigenvalue weighted by molar-refractivity contribution is 6.30. The lowest BCUT2D eigenvalue weighted by molar-refractivity contribution is 0.185. The predicted octanol–water partition coefficient (Wildman–Crippen LogP) is 5.93. The number of anilines is 2. The molecule has 3 nitrogen and oxygen atoms in total. The maximum Gasteiger partial charge on any atom is 0.0667 e. The molecule has 146 valence electrons. The second kappa shape index (κ2) is 10.2. The molecule has 0 bridgehead atoms. The molecule has 4 heteroatoms. The van der Waals surface area contributed by atoms with Gasteiger partial charge in [0.05, 0.1) is 24.0 Å². The standard InChI is InChI=1S/C24H27ClN2O/c1-18-7-9-19(10-8-18)15-22(17-28-2)27-24-6-4-3-5-23(24)26-16-20-11-13-21(25)14-12-20/h3-14,22,26-27H,15-17H2,1-2H3. The van der Waals surface area contributed by atoms with Gasteiger partial charge in [-0.25, -0.2) is 0 Å². The van der Waals surface area contributed by atoms with E-state index >= 15 is 0 Å². The van der Waals surface area contributed by atoms with Crippen molar-refractivity contribution < 1.29 is 4.74 Å². The lowest BCUT2D eigenvalue weighted by Crippen LogP contribution is -2.28. The Hall–Kier alpha value is -2.49. The van der Waals surface area contributed by atoms with Crippen LogP contribution in [0.4, 0.5) is 11.4 Å². The van der Waals surface area contributed by atoms with Gasteiger partial charge in [0.25, 0.3) is 0 Å². The van der Waals surface area contributed by atoms with Crippen molar-refractivity contribution in [1.82, 2.24) is 0 Å². The molecule has 3 aromatic rings. The number of halogens is 1. The Kier molecular flexibility index (Phi) is 7.35. The molecule has 1 atom stereocenters. The Morgan fingerprint density at radius 3 is 2.18 bits per heavy atom. The Morgan fingerprint density at radius 1 is 0.857 bits per heavy atom. The van der Waals surface area contributed by atoms with Crippen LogP contribution >= 0.6 is 11.6 Å². The van der Waals surface area contributed by atoms with Gasteiger partial charge in [0, 0.05) is 18.7 Å². The zero-order valence-corrected chi connectivity index (χ0v) is 17.2. The number of methoxy groups -OCH3 is 1. The summed E-state index contributed by atoms with van der Waals surface area (Å²) in [6.45, 7) is 3.49. The highest BCUT2D eigenvalue weighted by Crippen LogP contribution is 2.24. The molecular formula is C24H27ClN2O. The molecule has 0 saturated carbocycles. The van der Waals surface area contributed by atoms with Crippen LogP contribution in [0.2, 0.25) is 5.02 Å². The van der Waals surface area contributed by atoms with E-state index in [1.165, 1.54) is 16.7 Å². The average Bonchev–Trinajstić information content (AvgIpc) is 2.70. The van der Waals surface area contributed by atoms with Crippen molar-refractivity contribution in [2.45, 2.75) is 25.9 Å². The number of para-hydroxylation sites is 2. The van der Waals surface area contributed by atoms with E-state index in [0.29, 0.717) is 6.61 Å². The lowest BCUT2D eigenvalue weighted by Gasteiger charge is -2.22. The Balaban J connectivity index is 1.68. The molecule has 0 spiro atoms. The number of hydrogen-bond acceptors (Lipinski definition) is 3. The third-order valence-corrected chi connectivity index (χ3v) is 4.91. The minimum Gasteiger partial charge on any atom is -0.383 e. The summed E-state index contributed by atoms with van der Waals surface area (Å²) in [7, 11) is 1.74. The minimum absolute atomic E-state index is 0.186. The zero-order chi connectivity index (χ0) is 19.8. The highest BCUT2D eigenvalue weighted by atomic mass is 35.5. The number of ether oxygens (including phenoxy) is 1. The quantitative estimate of drug-likeness (QED) is 0.471. The van der Waals surface area contributed by atoms with Crippen molar-refractivity contribution in [3.63, 3.8) is 0 Å². The van der Waals surface area contributed by atoms with Crippen LogP contribution in [-0.2, 0) is 17.7 Å². The van der Waals surface area contributed by atoms with Gasteiger partial charge in [-0.2, -0.15) is 0 Å². The first kappa shape index (κ1) is 20.2. The van der Waals surface area contributed by atoms with E-state index in [1.807, 2.05) is 36.4 Å². The topological polar surface area (TPSA) is 33.3 Å². The van der Waals surface area contributed by atoms with E-state index in [9.17, 15) is 0 Å². The molecule has 0 heterocycles. The second-order valence-corrected chi connectivity index (χ2v) is 7.45. The van der Waals surface area contributed by atoms with Gasteiger partial charge in [-0.05, 0) is 48.7 Å². The number of aryl methyl sites for hydroxylation is 1. The Morgan fingerprint density at radius 2 is 1.50 bits per heavy atom. The van der Waals surface area contributed by atoms with Crippen molar-refractivity contribution in [3.8, 4) is 0 Å². The van der Waals surface area contributed by atoms with E-state index < -0.39 is 0 Å². The lowest BCUT2D eigenvalue weighted by atomic mass is 10.0. The average molecular weight is 395 g/mol. The van der Waals surface area contributed by atoms with Crippen molar-refractivity contribution in [1.29, 1.82) is 0 Å². The molecule has 28 heavy (non-hydrogen) atoms. The van der Waals surface area contributed by atoms with Crippen molar-refractivity contribution >= 4 is 23.0 Å². The SMILES string of the molecule is COCC(Cc1ccc(C)cc1)Nc1ccccc1NCc1ccc(Cl)cc1. The van der Waals surface area contributed by atoms with Gasteiger partial charge in [-0.15, -0.1) is 0 Å². The van der Waals surface area contributed by atoms with E-state index in [2.05, 4.69) is 54.0 Å². The fourth-order valence-electron chi connectivity index (χ4n) is 3.14. The van der Waals surface area contributed by atoms with Crippen molar-refractivity contribution in [3.05, 3.63) is 94.5 Å². The molecule has 0 aliphatic heterocycles.